The second kappa shape index (κ2) is 3.37. The molecule has 0 N–H and O–H groups in total. The van der Waals surface area contributed by atoms with E-state index in [1.807, 2.05) is 13.0 Å². The standard InChI is InChI=1S/C10H8BFN2/c1-2-6-3-8(11)4-7-5-13-10(12)14-9(6)7/h3-5H,2H2,1H3. The first kappa shape index (κ1) is 9.12. The van der Waals surface area contributed by atoms with Crippen LogP contribution in [-0.4, -0.2) is 17.8 Å². The van der Waals surface area contributed by atoms with Crippen LogP contribution in [0.3, 0.4) is 0 Å². The number of aryl methyl sites for hydroxylation is 1. The Labute approximate surface area is 82.6 Å². The topological polar surface area (TPSA) is 25.8 Å². The van der Waals surface area contributed by atoms with Crippen LogP contribution in [0.2, 0.25) is 0 Å². The van der Waals surface area contributed by atoms with E-state index in [9.17, 15) is 4.39 Å². The number of nitrogens with zero attached hydrogens (tertiary/aromatic N) is 2. The summed E-state index contributed by atoms with van der Waals surface area (Å²) < 4.78 is 12.8. The van der Waals surface area contributed by atoms with Crippen molar-refractivity contribution in [2.75, 3.05) is 0 Å². The van der Waals surface area contributed by atoms with E-state index in [1.165, 1.54) is 6.20 Å². The Morgan fingerprint density at radius 3 is 2.93 bits per heavy atom. The maximum atomic E-state index is 12.8. The van der Waals surface area contributed by atoms with Gasteiger partial charge in [-0.2, -0.15) is 4.39 Å². The first-order valence-corrected chi connectivity index (χ1v) is 4.41. The molecule has 2 radical (unpaired) electrons. The highest BCUT2D eigenvalue weighted by molar-refractivity contribution is 6.33. The lowest BCUT2D eigenvalue weighted by Crippen LogP contribution is -2.05. The summed E-state index contributed by atoms with van der Waals surface area (Å²) >= 11 is 0. The summed E-state index contributed by atoms with van der Waals surface area (Å²) in [6.45, 7) is 1.98. The Morgan fingerprint density at radius 2 is 2.21 bits per heavy atom. The van der Waals surface area contributed by atoms with E-state index in [1.54, 1.807) is 6.07 Å². The van der Waals surface area contributed by atoms with Gasteiger partial charge in [-0.25, -0.2) is 9.97 Å². The number of fused-ring (bicyclic) bond motifs is 1. The van der Waals surface area contributed by atoms with Crippen LogP contribution in [0.5, 0.6) is 0 Å². The molecule has 0 unspecified atom stereocenters. The quantitative estimate of drug-likeness (QED) is 0.492. The number of rotatable bonds is 1. The minimum absolute atomic E-state index is 0.647. The molecule has 1 aromatic heterocycles. The van der Waals surface area contributed by atoms with Gasteiger partial charge in [0.25, 0.3) is 0 Å². The zero-order valence-electron chi connectivity index (χ0n) is 7.79. The molecular formula is C10H8BFN2. The van der Waals surface area contributed by atoms with E-state index >= 15 is 0 Å². The highest BCUT2D eigenvalue weighted by Gasteiger charge is 2.04. The van der Waals surface area contributed by atoms with Crippen LogP contribution in [0.4, 0.5) is 4.39 Å². The average molecular weight is 186 g/mol. The van der Waals surface area contributed by atoms with Gasteiger partial charge in [0.05, 0.1) is 5.52 Å². The van der Waals surface area contributed by atoms with Crippen LogP contribution in [0.15, 0.2) is 18.3 Å². The van der Waals surface area contributed by atoms with Crippen molar-refractivity contribution >= 4 is 24.2 Å². The average Bonchev–Trinajstić information content (AvgIpc) is 2.17. The van der Waals surface area contributed by atoms with Crippen molar-refractivity contribution in [3.05, 3.63) is 30.0 Å². The number of halogens is 1. The zero-order chi connectivity index (χ0) is 10.1. The van der Waals surface area contributed by atoms with Gasteiger partial charge in [-0.15, -0.1) is 0 Å². The van der Waals surface area contributed by atoms with Gasteiger partial charge in [-0.3, -0.25) is 0 Å². The second-order valence-electron chi connectivity index (χ2n) is 3.11. The SMILES string of the molecule is [B]c1cc(CC)c2nc(F)ncc2c1. The van der Waals surface area contributed by atoms with Gasteiger partial charge in [0.2, 0.25) is 0 Å². The number of hydrogen-bond acceptors (Lipinski definition) is 2. The first-order valence-electron chi connectivity index (χ1n) is 4.41. The third-order valence-corrected chi connectivity index (χ3v) is 2.14. The van der Waals surface area contributed by atoms with Gasteiger partial charge < -0.3 is 0 Å². The van der Waals surface area contributed by atoms with Crippen LogP contribution < -0.4 is 5.46 Å². The lowest BCUT2D eigenvalue weighted by Gasteiger charge is -2.04. The summed E-state index contributed by atoms with van der Waals surface area (Å²) in [6, 6.07) is 3.56. The van der Waals surface area contributed by atoms with E-state index in [4.69, 9.17) is 7.85 Å². The molecule has 0 bridgehead atoms. The van der Waals surface area contributed by atoms with Gasteiger partial charge in [0.15, 0.2) is 0 Å². The minimum atomic E-state index is -0.697. The molecule has 0 saturated heterocycles. The Hall–Kier alpha value is -1.45. The zero-order valence-corrected chi connectivity index (χ0v) is 7.79. The first-order chi connectivity index (χ1) is 6.70. The van der Waals surface area contributed by atoms with Crippen molar-refractivity contribution in [2.45, 2.75) is 13.3 Å². The Balaban J connectivity index is 2.81. The second-order valence-corrected chi connectivity index (χ2v) is 3.11. The lowest BCUT2D eigenvalue weighted by molar-refractivity contribution is 0.544. The smallest absolute Gasteiger partial charge is 0.210 e. The Bertz CT molecular complexity index is 485. The summed E-state index contributed by atoms with van der Waals surface area (Å²) in [5.41, 5.74) is 2.25. The maximum Gasteiger partial charge on any atom is 0.309 e. The predicted molar refractivity (Wildman–Crippen MR) is 54.3 cm³/mol. The van der Waals surface area contributed by atoms with E-state index in [0.717, 1.165) is 17.4 Å². The molecule has 14 heavy (non-hydrogen) atoms. The fourth-order valence-corrected chi connectivity index (χ4v) is 1.49. The predicted octanol–water partition coefficient (Wildman–Crippen LogP) is 1.13. The third-order valence-electron chi connectivity index (χ3n) is 2.14. The highest BCUT2D eigenvalue weighted by atomic mass is 19.1. The van der Waals surface area contributed by atoms with E-state index < -0.39 is 6.08 Å². The van der Waals surface area contributed by atoms with Crippen molar-refractivity contribution in [2.24, 2.45) is 0 Å². The molecule has 1 heterocycles. The van der Waals surface area contributed by atoms with Gasteiger partial charge >= 0.3 is 6.08 Å². The van der Waals surface area contributed by atoms with Crippen LogP contribution >= 0.6 is 0 Å². The molecule has 0 spiro atoms. The molecule has 1 aromatic carbocycles. The normalized spacial score (nSPS) is 10.7. The molecule has 0 aliphatic heterocycles. The van der Waals surface area contributed by atoms with Gasteiger partial charge in [-0.05, 0) is 12.0 Å². The molecule has 2 rings (SSSR count). The van der Waals surface area contributed by atoms with Crippen molar-refractivity contribution in [1.82, 2.24) is 9.97 Å². The van der Waals surface area contributed by atoms with Crippen molar-refractivity contribution in [3.63, 3.8) is 0 Å². The molecule has 0 saturated carbocycles. The van der Waals surface area contributed by atoms with Crippen molar-refractivity contribution in [1.29, 1.82) is 0 Å². The Kier molecular flexibility index (Phi) is 2.19. The molecule has 4 heteroatoms. The summed E-state index contributed by atoms with van der Waals surface area (Å²) in [5, 5.41) is 0.781. The lowest BCUT2D eigenvalue weighted by atomic mass is 9.92. The van der Waals surface area contributed by atoms with Crippen LogP contribution in [0.25, 0.3) is 10.9 Å². The summed E-state index contributed by atoms with van der Waals surface area (Å²) in [5.74, 6) is 0. The van der Waals surface area contributed by atoms with Crippen molar-refractivity contribution < 1.29 is 4.39 Å². The highest BCUT2D eigenvalue weighted by Crippen LogP contribution is 2.14. The number of hydrogen-bond donors (Lipinski definition) is 0. The fraction of sp³-hybridized carbons (Fsp3) is 0.200. The largest absolute Gasteiger partial charge is 0.309 e. The van der Waals surface area contributed by atoms with E-state index in [0.29, 0.717) is 11.0 Å². The molecular weight excluding hydrogens is 178 g/mol. The monoisotopic (exact) mass is 186 g/mol. The minimum Gasteiger partial charge on any atom is -0.210 e. The molecule has 2 nitrogen and oxygen atoms in total. The van der Waals surface area contributed by atoms with Gasteiger partial charge in [0.1, 0.15) is 7.85 Å². The number of aromatic nitrogens is 2. The van der Waals surface area contributed by atoms with Crippen LogP contribution in [-0.2, 0) is 6.42 Å². The number of benzene rings is 1. The Morgan fingerprint density at radius 1 is 1.43 bits per heavy atom. The van der Waals surface area contributed by atoms with E-state index in [-0.39, 0.29) is 0 Å². The molecule has 0 fully saturated rings. The molecule has 0 aliphatic rings. The molecule has 0 atom stereocenters. The van der Waals surface area contributed by atoms with E-state index in [2.05, 4.69) is 9.97 Å². The van der Waals surface area contributed by atoms with Gasteiger partial charge in [-0.1, -0.05) is 24.5 Å². The molecule has 0 amide bonds. The summed E-state index contributed by atoms with van der Waals surface area (Å²) in [4.78, 5) is 7.24. The summed E-state index contributed by atoms with van der Waals surface area (Å²) in [7, 11) is 5.69. The summed E-state index contributed by atoms with van der Waals surface area (Å²) in [6.07, 6.45) is 1.53. The maximum absolute atomic E-state index is 12.8. The third kappa shape index (κ3) is 1.48. The van der Waals surface area contributed by atoms with Crippen LogP contribution in [0, 0.1) is 6.08 Å². The fourth-order valence-electron chi connectivity index (χ4n) is 1.49. The van der Waals surface area contributed by atoms with Crippen molar-refractivity contribution in [3.8, 4) is 0 Å². The molecule has 2 aromatic rings. The molecule has 0 aliphatic carbocycles. The molecule has 68 valence electrons. The van der Waals surface area contributed by atoms with Gasteiger partial charge in [0, 0.05) is 11.6 Å². The van der Waals surface area contributed by atoms with Crippen LogP contribution in [0.1, 0.15) is 12.5 Å².